The SMILES string of the molecule is Cc1ccc(S(=O)(=O)OCCOCCOCCOCCCOCc2ccccc2)cc1. The van der Waals surface area contributed by atoms with Crippen molar-refractivity contribution in [2.75, 3.05) is 52.9 Å². The molecule has 8 heteroatoms. The second-order valence-electron chi connectivity index (χ2n) is 6.82. The van der Waals surface area contributed by atoms with E-state index >= 15 is 0 Å². The molecule has 0 heterocycles. The molecule has 0 amide bonds. The van der Waals surface area contributed by atoms with Gasteiger partial charge >= 0.3 is 0 Å². The second kappa shape index (κ2) is 15.1. The standard InChI is InChI=1S/C23H32O7S/c1-21-8-10-23(11-9-21)31(24,25)30-19-18-28-17-16-27-15-14-26-12-5-13-29-20-22-6-3-2-4-7-22/h2-4,6-11H,5,12-20H2,1H3. The Hall–Kier alpha value is -1.81. The van der Waals surface area contributed by atoms with Gasteiger partial charge < -0.3 is 18.9 Å². The summed E-state index contributed by atoms with van der Waals surface area (Å²) in [6.45, 7) is 5.69. The fourth-order valence-corrected chi connectivity index (χ4v) is 3.44. The summed E-state index contributed by atoms with van der Waals surface area (Å²) in [5.74, 6) is 0. The monoisotopic (exact) mass is 452 g/mol. The van der Waals surface area contributed by atoms with Crippen LogP contribution in [0.3, 0.4) is 0 Å². The van der Waals surface area contributed by atoms with Gasteiger partial charge in [-0.25, -0.2) is 0 Å². The maximum atomic E-state index is 12.0. The first kappa shape index (κ1) is 25.5. The fourth-order valence-electron chi connectivity index (χ4n) is 2.54. The smallest absolute Gasteiger partial charge is 0.297 e. The second-order valence-corrected chi connectivity index (χ2v) is 8.43. The maximum Gasteiger partial charge on any atom is 0.297 e. The Balaban J connectivity index is 1.35. The Kier molecular flexibility index (Phi) is 12.4. The van der Waals surface area contributed by atoms with Gasteiger partial charge in [0.05, 0.1) is 51.1 Å². The molecule has 7 nitrogen and oxygen atoms in total. The van der Waals surface area contributed by atoms with Crippen molar-refractivity contribution in [3.05, 3.63) is 65.7 Å². The van der Waals surface area contributed by atoms with Crippen LogP contribution in [0, 0.1) is 6.92 Å². The Labute approximate surface area is 185 Å². The molecule has 31 heavy (non-hydrogen) atoms. The molecule has 0 aliphatic heterocycles. The van der Waals surface area contributed by atoms with Crippen LogP contribution in [0.5, 0.6) is 0 Å². The van der Waals surface area contributed by atoms with E-state index in [-0.39, 0.29) is 18.1 Å². The molecule has 2 rings (SSSR count). The van der Waals surface area contributed by atoms with E-state index in [9.17, 15) is 8.42 Å². The van der Waals surface area contributed by atoms with Gasteiger partial charge in [-0.05, 0) is 31.0 Å². The van der Waals surface area contributed by atoms with E-state index in [1.165, 1.54) is 17.7 Å². The molecule has 0 saturated carbocycles. The molecule has 0 atom stereocenters. The predicted octanol–water partition coefficient (Wildman–Crippen LogP) is 3.36. The van der Waals surface area contributed by atoms with Gasteiger partial charge in [0.15, 0.2) is 0 Å². The molecule has 172 valence electrons. The third kappa shape index (κ3) is 11.4. The lowest BCUT2D eigenvalue weighted by Crippen LogP contribution is -2.14. The normalized spacial score (nSPS) is 11.6. The molecule has 0 aliphatic rings. The van der Waals surface area contributed by atoms with E-state index < -0.39 is 10.1 Å². The molecule has 0 N–H and O–H groups in total. The third-order valence-corrected chi connectivity index (χ3v) is 5.54. The molecule has 0 bridgehead atoms. The van der Waals surface area contributed by atoms with Gasteiger partial charge in [-0.1, -0.05) is 48.0 Å². The molecule has 0 saturated heterocycles. The van der Waals surface area contributed by atoms with Crippen molar-refractivity contribution in [3.8, 4) is 0 Å². The zero-order chi connectivity index (χ0) is 22.2. The van der Waals surface area contributed by atoms with Gasteiger partial charge in [-0.2, -0.15) is 8.42 Å². The first-order chi connectivity index (χ1) is 15.1. The number of rotatable bonds is 17. The molecule has 0 radical (unpaired) electrons. The van der Waals surface area contributed by atoms with Crippen LogP contribution in [-0.2, 0) is 39.9 Å². The average Bonchev–Trinajstić information content (AvgIpc) is 2.77. The van der Waals surface area contributed by atoms with Crippen molar-refractivity contribution < 1.29 is 31.5 Å². The molecule has 0 fully saturated rings. The summed E-state index contributed by atoms with van der Waals surface area (Å²) in [5.41, 5.74) is 2.15. The van der Waals surface area contributed by atoms with Crippen molar-refractivity contribution in [2.45, 2.75) is 24.8 Å². The largest absolute Gasteiger partial charge is 0.379 e. The van der Waals surface area contributed by atoms with Crippen molar-refractivity contribution >= 4 is 10.1 Å². The Morgan fingerprint density at radius 2 is 1.19 bits per heavy atom. The lowest BCUT2D eigenvalue weighted by atomic mass is 10.2. The van der Waals surface area contributed by atoms with Crippen LogP contribution in [0.1, 0.15) is 17.5 Å². The van der Waals surface area contributed by atoms with E-state index in [4.69, 9.17) is 23.1 Å². The lowest BCUT2D eigenvalue weighted by molar-refractivity contribution is 0.00519. The minimum absolute atomic E-state index is 0.0360. The van der Waals surface area contributed by atoms with E-state index in [2.05, 4.69) is 0 Å². The summed E-state index contributed by atoms with van der Waals surface area (Å²) in [6.07, 6.45) is 0.835. The minimum Gasteiger partial charge on any atom is -0.379 e. The van der Waals surface area contributed by atoms with Gasteiger partial charge in [-0.3, -0.25) is 4.18 Å². The Morgan fingerprint density at radius 3 is 1.84 bits per heavy atom. The predicted molar refractivity (Wildman–Crippen MR) is 117 cm³/mol. The van der Waals surface area contributed by atoms with Crippen molar-refractivity contribution in [2.24, 2.45) is 0 Å². The highest BCUT2D eigenvalue weighted by molar-refractivity contribution is 7.86. The highest BCUT2D eigenvalue weighted by Crippen LogP contribution is 2.12. The number of hydrogen-bond acceptors (Lipinski definition) is 7. The lowest BCUT2D eigenvalue weighted by Gasteiger charge is -2.08. The topological polar surface area (TPSA) is 80.3 Å². The van der Waals surface area contributed by atoms with Gasteiger partial charge in [-0.15, -0.1) is 0 Å². The first-order valence-corrected chi connectivity index (χ1v) is 11.8. The highest BCUT2D eigenvalue weighted by Gasteiger charge is 2.14. The van der Waals surface area contributed by atoms with Gasteiger partial charge in [0.1, 0.15) is 0 Å². The molecule has 2 aromatic rings. The Bertz CT molecular complexity index is 808. The van der Waals surface area contributed by atoms with Crippen molar-refractivity contribution in [3.63, 3.8) is 0 Å². The van der Waals surface area contributed by atoms with Crippen LogP contribution in [0.25, 0.3) is 0 Å². The van der Waals surface area contributed by atoms with Gasteiger partial charge in [0.2, 0.25) is 0 Å². The molecule has 2 aromatic carbocycles. The van der Waals surface area contributed by atoms with Crippen LogP contribution >= 0.6 is 0 Å². The highest BCUT2D eigenvalue weighted by atomic mass is 32.2. The van der Waals surface area contributed by atoms with Crippen LogP contribution in [0.4, 0.5) is 0 Å². The number of hydrogen-bond donors (Lipinski definition) is 0. The molecule has 0 aliphatic carbocycles. The third-order valence-electron chi connectivity index (χ3n) is 4.21. The summed E-state index contributed by atoms with van der Waals surface area (Å²) in [7, 11) is -3.74. The maximum absolute atomic E-state index is 12.0. The van der Waals surface area contributed by atoms with Crippen molar-refractivity contribution in [1.29, 1.82) is 0 Å². The van der Waals surface area contributed by atoms with Crippen molar-refractivity contribution in [1.82, 2.24) is 0 Å². The van der Waals surface area contributed by atoms with Crippen LogP contribution in [0.2, 0.25) is 0 Å². The minimum atomic E-state index is -3.74. The van der Waals surface area contributed by atoms with E-state index in [0.717, 1.165) is 12.0 Å². The van der Waals surface area contributed by atoms with Crippen LogP contribution in [-0.4, -0.2) is 61.3 Å². The van der Waals surface area contributed by atoms with Gasteiger partial charge in [0.25, 0.3) is 10.1 Å². The summed E-state index contributed by atoms with van der Waals surface area (Å²) < 4.78 is 50.8. The van der Waals surface area contributed by atoms with Crippen LogP contribution in [0.15, 0.2) is 59.5 Å². The van der Waals surface area contributed by atoms with E-state index in [1.807, 2.05) is 37.3 Å². The molecular weight excluding hydrogens is 420 g/mol. The number of aryl methyl sites for hydroxylation is 1. The Morgan fingerprint density at radius 1 is 0.645 bits per heavy atom. The molecule has 0 spiro atoms. The quantitative estimate of drug-likeness (QED) is 0.269. The summed E-state index contributed by atoms with van der Waals surface area (Å²) >= 11 is 0. The van der Waals surface area contributed by atoms with Crippen LogP contribution < -0.4 is 0 Å². The van der Waals surface area contributed by atoms with E-state index in [0.29, 0.717) is 46.2 Å². The number of ether oxygens (including phenoxy) is 4. The summed E-state index contributed by atoms with van der Waals surface area (Å²) in [5, 5.41) is 0. The molecule has 0 unspecified atom stereocenters. The molecular formula is C23H32O7S. The fraction of sp³-hybridized carbons (Fsp3) is 0.478. The van der Waals surface area contributed by atoms with E-state index in [1.54, 1.807) is 12.1 Å². The summed E-state index contributed by atoms with van der Waals surface area (Å²) in [4.78, 5) is 0.143. The average molecular weight is 453 g/mol. The number of benzene rings is 2. The zero-order valence-corrected chi connectivity index (χ0v) is 18.8. The van der Waals surface area contributed by atoms with Gasteiger partial charge in [0, 0.05) is 13.2 Å². The molecule has 0 aromatic heterocycles. The zero-order valence-electron chi connectivity index (χ0n) is 18.0. The summed E-state index contributed by atoms with van der Waals surface area (Å²) in [6, 6.07) is 16.6. The first-order valence-electron chi connectivity index (χ1n) is 10.4.